The highest BCUT2D eigenvalue weighted by Crippen LogP contribution is 2.24. The van der Waals surface area contributed by atoms with Crippen LogP contribution in [0.15, 0.2) is 24.3 Å². The summed E-state index contributed by atoms with van der Waals surface area (Å²) in [5, 5.41) is 0.678. The quantitative estimate of drug-likeness (QED) is 0.841. The molecule has 3 rings (SSSR count). The van der Waals surface area contributed by atoms with E-state index >= 15 is 0 Å². The minimum absolute atomic E-state index is 0.0156. The molecule has 0 spiro atoms. The molecule has 1 aromatic carbocycles. The molecule has 2 saturated heterocycles. The Hall–Kier alpha value is -1.24. The fraction of sp³-hybridized carbons (Fsp3) is 0.467. The molecule has 2 fully saturated rings. The summed E-state index contributed by atoms with van der Waals surface area (Å²) in [7, 11) is 0. The Labute approximate surface area is 138 Å². The second-order valence-electron chi connectivity index (χ2n) is 5.32. The maximum Gasteiger partial charge on any atom is 0.242 e. The van der Waals surface area contributed by atoms with E-state index in [4.69, 9.17) is 16.3 Å². The molecule has 0 unspecified atom stereocenters. The Morgan fingerprint density at radius 2 is 2.14 bits per heavy atom. The van der Waals surface area contributed by atoms with E-state index in [9.17, 15) is 9.59 Å². The summed E-state index contributed by atoms with van der Waals surface area (Å²) in [6.07, 6.45) is -0.140. The van der Waals surface area contributed by atoms with Crippen molar-refractivity contribution in [1.29, 1.82) is 0 Å². The van der Waals surface area contributed by atoms with Crippen LogP contribution in [0.5, 0.6) is 0 Å². The van der Waals surface area contributed by atoms with Gasteiger partial charge in [-0.05, 0) is 17.7 Å². The van der Waals surface area contributed by atoms with Crippen LogP contribution >= 0.6 is 23.4 Å². The lowest BCUT2D eigenvalue weighted by atomic mass is 10.1. The number of carbonyl (C=O) groups is 2. The Morgan fingerprint density at radius 3 is 2.82 bits per heavy atom. The van der Waals surface area contributed by atoms with Crippen LogP contribution in [0.1, 0.15) is 11.7 Å². The Bertz CT molecular complexity index is 566. The third kappa shape index (κ3) is 3.56. The summed E-state index contributed by atoms with van der Waals surface area (Å²) in [5.41, 5.74) is 1.01. The summed E-state index contributed by atoms with van der Waals surface area (Å²) in [4.78, 5) is 27.4. The highest BCUT2D eigenvalue weighted by Gasteiger charge is 2.29. The van der Waals surface area contributed by atoms with Gasteiger partial charge in [-0.1, -0.05) is 23.7 Å². The van der Waals surface area contributed by atoms with Crippen LogP contribution < -0.4 is 0 Å². The number of thioether (sulfide) groups is 1. The highest BCUT2D eigenvalue weighted by atomic mass is 35.5. The normalized spacial score (nSPS) is 22.2. The van der Waals surface area contributed by atoms with Crippen molar-refractivity contribution in [2.24, 2.45) is 0 Å². The first-order chi connectivity index (χ1) is 10.6. The lowest BCUT2D eigenvalue weighted by Gasteiger charge is -2.34. The molecule has 1 atom stereocenters. The molecule has 22 heavy (non-hydrogen) atoms. The van der Waals surface area contributed by atoms with E-state index in [2.05, 4.69) is 0 Å². The summed E-state index contributed by atoms with van der Waals surface area (Å²) in [6.45, 7) is 1.74. The first-order valence-corrected chi connectivity index (χ1v) is 8.67. The molecule has 7 heteroatoms. The van der Waals surface area contributed by atoms with Gasteiger partial charge in [-0.25, -0.2) is 0 Å². The Balaban J connectivity index is 1.61. The molecule has 0 saturated carbocycles. The van der Waals surface area contributed by atoms with Gasteiger partial charge in [0.05, 0.1) is 24.8 Å². The van der Waals surface area contributed by atoms with Gasteiger partial charge in [0.2, 0.25) is 11.8 Å². The van der Waals surface area contributed by atoms with Crippen LogP contribution in [-0.4, -0.2) is 59.5 Å². The average Bonchev–Trinajstić information content (AvgIpc) is 2.93. The minimum Gasteiger partial charge on any atom is -0.370 e. The van der Waals surface area contributed by atoms with Gasteiger partial charge in [0.1, 0.15) is 12.6 Å². The fourth-order valence-corrected chi connectivity index (χ4v) is 3.59. The molecule has 2 amide bonds. The predicted molar refractivity (Wildman–Crippen MR) is 85.8 cm³/mol. The van der Waals surface area contributed by atoms with Crippen LogP contribution in [0.2, 0.25) is 5.02 Å². The standard InChI is InChI=1S/C15H17ClN2O3S/c16-12-3-1-11(2-4-12)13-7-17(5-6-21-13)14(19)8-18-10-22-9-15(18)20/h1-4,13H,5-10H2/t13-/m1/s1. The maximum absolute atomic E-state index is 12.4. The number of benzene rings is 1. The van der Waals surface area contributed by atoms with Gasteiger partial charge in [-0.15, -0.1) is 11.8 Å². The molecule has 2 aliphatic rings. The zero-order chi connectivity index (χ0) is 15.5. The molecule has 0 radical (unpaired) electrons. The lowest BCUT2D eigenvalue weighted by molar-refractivity contribution is -0.143. The molecular weight excluding hydrogens is 324 g/mol. The zero-order valence-electron chi connectivity index (χ0n) is 12.0. The van der Waals surface area contributed by atoms with E-state index in [1.165, 1.54) is 0 Å². The summed E-state index contributed by atoms with van der Waals surface area (Å²) in [5.74, 6) is 1.11. The Kier molecular flexibility index (Phi) is 4.90. The molecule has 2 aliphatic heterocycles. The number of amides is 2. The van der Waals surface area contributed by atoms with Gasteiger partial charge < -0.3 is 14.5 Å². The molecule has 1 aromatic rings. The highest BCUT2D eigenvalue weighted by molar-refractivity contribution is 8.00. The van der Waals surface area contributed by atoms with Crippen molar-refractivity contribution in [3.8, 4) is 0 Å². The van der Waals surface area contributed by atoms with E-state index in [1.54, 1.807) is 21.6 Å². The number of morpholine rings is 1. The first-order valence-electron chi connectivity index (χ1n) is 7.14. The second kappa shape index (κ2) is 6.89. The third-order valence-electron chi connectivity index (χ3n) is 3.81. The summed E-state index contributed by atoms with van der Waals surface area (Å²) in [6, 6.07) is 7.48. The van der Waals surface area contributed by atoms with E-state index < -0.39 is 0 Å². The summed E-state index contributed by atoms with van der Waals surface area (Å²) < 4.78 is 5.75. The predicted octanol–water partition coefficient (Wildman–Crippen LogP) is 1.77. The molecule has 118 valence electrons. The number of carbonyl (C=O) groups excluding carboxylic acids is 2. The van der Waals surface area contributed by atoms with Crippen molar-refractivity contribution < 1.29 is 14.3 Å². The van der Waals surface area contributed by atoms with E-state index in [0.717, 1.165) is 5.56 Å². The van der Waals surface area contributed by atoms with Gasteiger partial charge in [0.15, 0.2) is 0 Å². The number of hydrogen-bond donors (Lipinski definition) is 0. The van der Waals surface area contributed by atoms with Crippen molar-refractivity contribution in [2.45, 2.75) is 6.10 Å². The number of rotatable bonds is 3. The van der Waals surface area contributed by atoms with Crippen molar-refractivity contribution in [3.05, 3.63) is 34.9 Å². The average molecular weight is 341 g/mol. The zero-order valence-corrected chi connectivity index (χ0v) is 13.6. The number of nitrogens with zero attached hydrogens (tertiary/aromatic N) is 2. The lowest BCUT2D eigenvalue weighted by Crippen LogP contribution is -2.47. The minimum atomic E-state index is -0.140. The topological polar surface area (TPSA) is 49.9 Å². The smallest absolute Gasteiger partial charge is 0.242 e. The Morgan fingerprint density at radius 1 is 1.36 bits per heavy atom. The van der Waals surface area contributed by atoms with E-state index in [0.29, 0.717) is 36.3 Å². The van der Waals surface area contributed by atoms with Crippen molar-refractivity contribution >= 4 is 35.2 Å². The SMILES string of the molecule is O=C1CSCN1CC(=O)N1CCO[C@@H](c2ccc(Cl)cc2)C1. The van der Waals surface area contributed by atoms with Gasteiger partial charge in [0, 0.05) is 11.6 Å². The monoisotopic (exact) mass is 340 g/mol. The maximum atomic E-state index is 12.4. The van der Waals surface area contributed by atoms with Gasteiger partial charge >= 0.3 is 0 Å². The largest absolute Gasteiger partial charge is 0.370 e. The molecule has 2 heterocycles. The molecule has 0 aliphatic carbocycles. The number of ether oxygens (including phenoxy) is 1. The summed E-state index contributed by atoms with van der Waals surface area (Å²) >= 11 is 7.44. The van der Waals surface area contributed by atoms with E-state index in [1.807, 2.05) is 24.3 Å². The van der Waals surface area contributed by atoms with Crippen LogP contribution in [0.4, 0.5) is 0 Å². The molecular formula is C15H17ClN2O3S. The van der Waals surface area contributed by atoms with Crippen molar-refractivity contribution in [1.82, 2.24) is 9.80 Å². The van der Waals surface area contributed by atoms with E-state index in [-0.39, 0.29) is 24.5 Å². The third-order valence-corrected chi connectivity index (χ3v) is 5.01. The van der Waals surface area contributed by atoms with Gasteiger partial charge in [-0.2, -0.15) is 0 Å². The number of halogens is 1. The first kappa shape index (κ1) is 15.6. The fourth-order valence-electron chi connectivity index (χ4n) is 2.56. The van der Waals surface area contributed by atoms with Crippen LogP contribution in [0.3, 0.4) is 0 Å². The van der Waals surface area contributed by atoms with Crippen molar-refractivity contribution in [2.75, 3.05) is 37.9 Å². The van der Waals surface area contributed by atoms with Crippen molar-refractivity contribution in [3.63, 3.8) is 0 Å². The number of hydrogen-bond acceptors (Lipinski definition) is 4. The van der Waals surface area contributed by atoms with Gasteiger partial charge in [-0.3, -0.25) is 9.59 Å². The molecule has 0 aromatic heterocycles. The second-order valence-corrected chi connectivity index (χ2v) is 6.71. The van der Waals surface area contributed by atoms with Crippen LogP contribution in [0, 0.1) is 0 Å². The molecule has 0 N–H and O–H groups in total. The van der Waals surface area contributed by atoms with Gasteiger partial charge in [0.25, 0.3) is 0 Å². The molecule has 0 bridgehead atoms. The molecule has 5 nitrogen and oxygen atoms in total. The van der Waals surface area contributed by atoms with Crippen LogP contribution in [0.25, 0.3) is 0 Å². The van der Waals surface area contributed by atoms with Crippen LogP contribution in [-0.2, 0) is 14.3 Å².